The van der Waals surface area contributed by atoms with E-state index in [1.165, 1.54) is 16.7 Å². The fourth-order valence-electron chi connectivity index (χ4n) is 4.64. The van der Waals surface area contributed by atoms with Gasteiger partial charge in [-0.1, -0.05) is 39.8 Å². The lowest BCUT2D eigenvalue weighted by molar-refractivity contribution is 0.0762. The lowest BCUT2D eigenvalue weighted by atomic mass is 10.0. The van der Waals surface area contributed by atoms with Gasteiger partial charge >= 0.3 is 5.69 Å². The monoisotopic (exact) mass is 495 g/mol. The van der Waals surface area contributed by atoms with Crippen molar-refractivity contribution < 1.29 is 9.18 Å². The van der Waals surface area contributed by atoms with Crippen LogP contribution in [0.5, 0.6) is 0 Å². The van der Waals surface area contributed by atoms with E-state index in [9.17, 15) is 18.8 Å². The van der Waals surface area contributed by atoms with Crippen LogP contribution in [-0.2, 0) is 13.1 Å². The smallest absolute Gasteiger partial charge is 0.330 e. The van der Waals surface area contributed by atoms with E-state index in [2.05, 4.69) is 14.9 Å². The Morgan fingerprint density at radius 2 is 1.78 bits per heavy atom. The molecule has 9 heteroatoms. The fraction of sp³-hybridized carbons (Fsp3) is 0.481. The van der Waals surface area contributed by atoms with Crippen molar-refractivity contribution in [3.8, 4) is 0 Å². The number of fused-ring (bicyclic) bond motifs is 1. The number of nitrogens with zero attached hydrogens (tertiary/aromatic N) is 4. The third-order valence-electron chi connectivity index (χ3n) is 6.53. The quantitative estimate of drug-likeness (QED) is 0.566. The lowest BCUT2D eigenvalue weighted by Crippen LogP contribution is -2.37. The van der Waals surface area contributed by atoms with Crippen LogP contribution in [0, 0.1) is 11.7 Å². The van der Waals surface area contributed by atoms with Gasteiger partial charge in [-0.05, 0) is 42.0 Å². The summed E-state index contributed by atoms with van der Waals surface area (Å²) in [6.07, 6.45) is 0.779. The van der Waals surface area contributed by atoms with Crippen molar-refractivity contribution in [1.82, 2.24) is 24.3 Å². The molecule has 1 amide bonds. The second-order valence-corrected chi connectivity index (χ2v) is 10.3. The standard InChI is InChI=1S/C27H34FN5O3/c1-17(2)15-33-24-23(25(34)30-27(33)36)21(14-22(29-24)18(3)4)26(35)32-11-5-10-31(12-13-32)16-19-6-8-20(28)9-7-19/h6-9,14,17-18H,5,10-13,15-16H2,1-4H3,(H,30,34,36). The molecule has 0 spiro atoms. The number of rotatable bonds is 6. The van der Waals surface area contributed by atoms with E-state index >= 15 is 0 Å². The summed E-state index contributed by atoms with van der Waals surface area (Å²) in [6.45, 7) is 11.5. The number of hydrogen-bond donors (Lipinski definition) is 1. The summed E-state index contributed by atoms with van der Waals surface area (Å²) in [5.74, 6) is -0.324. The van der Waals surface area contributed by atoms with Gasteiger partial charge in [0.05, 0.1) is 10.9 Å². The van der Waals surface area contributed by atoms with Gasteiger partial charge in [-0.3, -0.25) is 24.0 Å². The van der Waals surface area contributed by atoms with Crippen LogP contribution in [0.4, 0.5) is 4.39 Å². The maximum absolute atomic E-state index is 13.8. The Labute approximate surface area is 209 Å². The molecule has 2 aromatic heterocycles. The zero-order chi connectivity index (χ0) is 26.0. The summed E-state index contributed by atoms with van der Waals surface area (Å²) >= 11 is 0. The molecule has 8 nitrogen and oxygen atoms in total. The molecule has 1 aromatic carbocycles. The van der Waals surface area contributed by atoms with E-state index < -0.39 is 11.2 Å². The third-order valence-corrected chi connectivity index (χ3v) is 6.53. The number of hydrogen-bond acceptors (Lipinski definition) is 5. The SMILES string of the molecule is CC(C)Cn1c(=O)[nH]c(=O)c2c(C(=O)N3CCCN(Cc4ccc(F)cc4)CC3)cc(C(C)C)nc21. The molecule has 0 aliphatic carbocycles. The minimum absolute atomic E-state index is 0.0122. The van der Waals surface area contributed by atoms with Crippen molar-refractivity contribution in [2.45, 2.75) is 53.1 Å². The Balaban J connectivity index is 1.67. The van der Waals surface area contributed by atoms with Crippen molar-refractivity contribution in [2.75, 3.05) is 26.2 Å². The van der Waals surface area contributed by atoms with Crippen molar-refractivity contribution in [3.05, 3.63) is 73.8 Å². The predicted molar refractivity (Wildman–Crippen MR) is 138 cm³/mol. The summed E-state index contributed by atoms with van der Waals surface area (Å²) in [5.41, 5.74) is 1.14. The Morgan fingerprint density at radius 1 is 1.06 bits per heavy atom. The lowest BCUT2D eigenvalue weighted by Gasteiger charge is -2.23. The number of carbonyl (C=O) groups excluding carboxylic acids is 1. The van der Waals surface area contributed by atoms with Gasteiger partial charge in [-0.25, -0.2) is 14.2 Å². The first-order chi connectivity index (χ1) is 17.1. The molecule has 36 heavy (non-hydrogen) atoms. The number of aromatic amines is 1. The maximum atomic E-state index is 13.8. The largest absolute Gasteiger partial charge is 0.337 e. The van der Waals surface area contributed by atoms with Gasteiger partial charge in [-0.2, -0.15) is 0 Å². The second kappa shape index (κ2) is 10.7. The predicted octanol–water partition coefficient (Wildman–Crippen LogP) is 3.35. The highest BCUT2D eigenvalue weighted by molar-refractivity contribution is 6.05. The average molecular weight is 496 g/mol. The van der Waals surface area contributed by atoms with Gasteiger partial charge < -0.3 is 4.90 Å². The van der Waals surface area contributed by atoms with Crippen molar-refractivity contribution in [3.63, 3.8) is 0 Å². The number of H-pyrrole nitrogens is 1. The van der Waals surface area contributed by atoms with Crippen molar-refractivity contribution >= 4 is 16.9 Å². The first-order valence-corrected chi connectivity index (χ1v) is 12.6. The number of aromatic nitrogens is 3. The molecular weight excluding hydrogens is 461 g/mol. The van der Waals surface area contributed by atoms with Crippen molar-refractivity contribution in [2.24, 2.45) is 5.92 Å². The van der Waals surface area contributed by atoms with E-state index in [0.717, 1.165) is 18.5 Å². The minimum atomic E-state index is -0.589. The first-order valence-electron chi connectivity index (χ1n) is 12.6. The fourth-order valence-corrected chi connectivity index (χ4v) is 4.64. The van der Waals surface area contributed by atoms with Gasteiger partial charge in [0.15, 0.2) is 5.65 Å². The van der Waals surface area contributed by atoms with Gasteiger partial charge in [0.1, 0.15) is 5.82 Å². The normalized spacial score (nSPS) is 15.1. The summed E-state index contributed by atoms with van der Waals surface area (Å²) < 4.78 is 14.7. The van der Waals surface area contributed by atoms with E-state index in [1.54, 1.807) is 23.1 Å². The second-order valence-electron chi connectivity index (χ2n) is 10.3. The Bertz CT molecular complexity index is 1360. The number of amides is 1. The zero-order valence-corrected chi connectivity index (χ0v) is 21.4. The molecule has 1 saturated heterocycles. The first kappa shape index (κ1) is 25.8. The van der Waals surface area contributed by atoms with E-state index in [4.69, 9.17) is 0 Å². The maximum Gasteiger partial charge on any atom is 0.330 e. The van der Waals surface area contributed by atoms with Crippen LogP contribution in [0.3, 0.4) is 0 Å². The van der Waals surface area contributed by atoms with Crippen LogP contribution in [0.15, 0.2) is 39.9 Å². The van der Waals surface area contributed by atoms with E-state index in [-0.39, 0.29) is 40.2 Å². The van der Waals surface area contributed by atoms with E-state index in [1.807, 2.05) is 27.7 Å². The summed E-state index contributed by atoms with van der Waals surface area (Å²) in [7, 11) is 0. The topological polar surface area (TPSA) is 91.3 Å². The summed E-state index contributed by atoms with van der Waals surface area (Å²) in [4.78, 5) is 50.5. The van der Waals surface area contributed by atoms with Crippen LogP contribution in [0.2, 0.25) is 0 Å². The molecule has 3 aromatic rings. The Kier molecular flexibility index (Phi) is 7.68. The molecule has 1 fully saturated rings. The zero-order valence-electron chi connectivity index (χ0n) is 21.4. The highest BCUT2D eigenvalue weighted by Crippen LogP contribution is 2.22. The van der Waals surface area contributed by atoms with Crippen LogP contribution >= 0.6 is 0 Å². The van der Waals surface area contributed by atoms with Gasteiger partial charge in [-0.15, -0.1) is 0 Å². The summed E-state index contributed by atoms with van der Waals surface area (Å²) in [5, 5.41) is 0.164. The number of halogens is 1. The molecule has 0 unspecified atom stereocenters. The molecule has 0 saturated carbocycles. The van der Waals surface area contributed by atoms with Gasteiger partial charge in [0.2, 0.25) is 0 Å². The molecule has 0 bridgehead atoms. The van der Waals surface area contributed by atoms with Gasteiger partial charge in [0.25, 0.3) is 11.5 Å². The van der Waals surface area contributed by atoms with Crippen molar-refractivity contribution in [1.29, 1.82) is 0 Å². The van der Waals surface area contributed by atoms with Crippen LogP contribution in [-0.4, -0.2) is 56.4 Å². The highest BCUT2D eigenvalue weighted by atomic mass is 19.1. The summed E-state index contributed by atoms with van der Waals surface area (Å²) in [6, 6.07) is 8.18. The number of carbonyl (C=O) groups is 1. The molecular formula is C27H34FN5O3. The molecule has 1 N–H and O–H groups in total. The molecule has 4 rings (SSSR count). The molecule has 0 atom stereocenters. The van der Waals surface area contributed by atoms with E-state index in [0.29, 0.717) is 38.4 Å². The van der Waals surface area contributed by atoms with Gasteiger partial charge in [0, 0.05) is 45.0 Å². The molecule has 0 radical (unpaired) electrons. The number of nitrogens with one attached hydrogen (secondary N) is 1. The Hall–Kier alpha value is -3.33. The average Bonchev–Trinajstić information content (AvgIpc) is 3.07. The Morgan fingerprint density at radius 3 is 2.44 bits per heavy atom. The van der Waals surface area contributed by atoms with Crippen LogP contribution in [0.1, 0.15) is 61.6 Å². The molecule has 192 valence electrons. The number of benzene rings is 1. The highest BCUT2D eigenvalue weighted by Gasteiger charge is 2.26. The number of pyridine rings is 1. The van der Waals surface area contributed by atoms with Crippen LogP contribution < -0.4 is 11.2 Å². The minimum Gasteiger partial charge on any atom is -0.337 e. The third kappa shape index (κ3) is 5.56. The van der Waals surface area contributed by atoms with Crippen LogP contribution in [0.25, 0.3) is 11.0 Å². The molecule has 1 aliphatic heterocycles. The molecule has 3 heterocycles. The molecule has 1 aliphatic rings.